The maximum Gasteiger partial charge on any atom is 0.119 e. The van der Waals surface area contributed by atoms with Crippen LogP contribution in [-0.2, 0) is 0 Å². The van der Waals surface area contributed by atoms with E-state index >= 15 is 0 Å². The van der Waals surface area contributed by atoms with Crippen LogP contribution in [0.5, 0.6) is 0 Å². The van der Waals surface area contributed by atoms with E-state index in [4.69, 9.17) is 11.0 Å². The van der Waals surface area contributed by atoms with E-state index in [1.807, 2.05) is 17.5 Å². The molecule has 0 aliphatic heterocycles. The molecule has 0 spiro atoms. The summed E-state index contributed by atoms with van der Waals surface area (Å²) in [5.41, 5.74) is 6.61. The summed E-state index contributed by atoms with van der Waals surface area (Å²) in [5.74, 6) is 0.458. The Morgan fingerprint density at radius 3 is 2.75 bits per heavy atom. The minimum atomic E-state index is -0.464. The van der Waals surface area contributed by atoms with Gasteiger partial charge in [0.05, 0.1) is 6.07 Å². The van der Waals surface area contributed by atoms with Crippen LogP contribution in [0.4, 0.5) is 0 Å². The largest absolute Gasteiger partial charge is 0.312 e. The predicted molar refractivity (Wildman–Crippen MR) is 50.9 cm³/mol. The van der Waals surface area contributed by atoms with Crippen molar-refractivity contribution in [2.45, 2.75) is 25.8 Å². The van der Waals surface area contributed by atoms with E-state index in [-0.39, 0.29) is 0 Å². The fraction of sp³-hybridized carbons (Fsp3) is 0.444. The first-order valence-corrected chi connectivity index (χ1v) is 4.77. The molecule has 0 saturated carbocycles. The molecule has 2 N–H and O–H groups in total. The predicted octanol–water partition coefficient (Wildman–Crippen LogP) is 2.39. The zero-order chi connectivity index (χ0) is 9.14. The number of nitrogens with zero attached hydrogens (tertiary/aromatic N) is 1. The summed E-state index contributed by atoms with van der Waals surface area (Å²) in [6.45, 7) is 4.22. The smallest absolute Gasteiger partial charge is 0.119 e. The molecule has 0 fully saturated rings. The van der Waals surface area contributed by atoms with E-state index in [0.29, 0.717) is 5.92 Å². The van der Waals surface area contributed by atoms with Crippen LogP contribution in [0.15, 0.2) is 11.4 Å². The molecule has 1 heterocycles. The molecule has 1 rings (SSSR count). The van der Waals surface area contributed by atoms with Crippen LogP contribution in [0, 0.1) is 11.3 Å². The van der Waals surface area contributed by atoms with Crippen LogP contribution in [0.3, 0.4) is 0 Å². The second-order valence-corrected chi connectivity index (χ2v) is 3.95. The molecule has 1 unspecified atom stereocenters. The van der Waals surface area contributed by atoms with Gasteiger partial charge in [-0.3, -0.25) is 0 Å². The van der Waals surface area contributed by atoms with Gasteiger partial charge in [-0.2, -0.15) is 5.26 Å². The Bertz CT molecular complexity index is 296. The maximum atomic E-state index is 8.64. The van der Waals surface area contributed by atoms with Gasteiger partial charge in [0.15, 0.2) is 0 Å². The number of thiophene rings is 1. The molecule has 0 amide bonds. The van der Waals surface area contributed by atoms with Crippen LogP contribution < -0.4 is 5.73 Å². The molecule has 0 aromatic carbocycles. The Hall–Kier alpha value is -0.850. The number of nitriles is 1. The molecule has 0 aliphatic rings. The standard InChI is InChI=1S/C9H12N2S/c1-6(2)9-7(3-4-12-9)8(11)5-10/h3-4,6,8H,11H2,1-2H3. The van der Waals surface area contributed by atoms with Crippen molar-refractivity contribution in [3.8, 4) is 6.07 Å². The van der Waals surface area contributed by atoms with Crippen molar-refractivity contribution >= 4 is 11.3 Å². The second kappa shape index (κ2) is 3.70. The molecule has 1 aromatic heterocycles. The molecule has 64 valence electrons. The summed E-state index contributed by atoms with van der Waals surface area (Å²) in [6, 6.07) is 3.52. The average Bonchev–Trinajstić information content (AvgIpc) is 2.50. The summed E-state index contributed by atoms with van der Waals surface area (Å²) in [7, 11) is 0. The first-order valence-electron chi connectivity index (χ1n) is 3.89. The molecular formula is C9H12N2S. The fourth-order valence-corrected chi connectivity index (χ4v) is 2.09. The molecule has 1 atom stereocenters. The van der Waals surface area contributed by atoms with Crippen molar-refractivity contribution < 1.29 is 0 Å². The molecule has 2 nitrogen and oxygen atoms in total. The van der Waals surface area contributed by atoms with Gasteiger partial charge in [-0.1, -0.05) is 13.8 Å². The average molecular weight is 180 g/mol. The first kappa shape index (κ1) is 9.24. The normalized spacial score (nSPS) is 12.9. The van der Waals surface area contributed by atoms with Gasteiger partial charge in [0.1, 0.15) is 6.04 Å². The summed E-state index contributed by atoms with van der Waals surface area (Å²) in [5, 5.41) is 10.6. The second-order valence-electron chi connectivity index (χ2n) is 3.00. The Balaban J connectivity index is 3.01. The van der Waals surface area contributed by atoms with Crippen LogP contribution in [0.25, 0.3) is 0 Å². The van der Waals surface area contributed by atoms with Crippen LogP contribution in [-0.4, -0.2) is 0 Å². The van der Waals surface area contributed by atoms with Gasteiger partial charge in [-0.25, -0.2) is 0 Å². The lowest BCUT2D eigenvalue weighted by Crippen LogP contribution is -2.08. The molecule has 0 saturated heterocycles. The van der Waals surface area contributed by atoms with Crippen LogP contribution >= 0.6 is 11.3 Å². The Morgan fingerprint density at radius 1 is 1.58 bits per heavy atom. The van der Waals surface area contributed by atoms with Gasteiger partial charge in [-0.05, 0) is 22.9 Å². The van der Waals surface area contributed by atoms with Crippen molar-refractivity contribution in [2.75, 3.05) is 0 Å². The quantitative estimate of drug-likeness (QED) is 0.759. The zero-order valence-corrected chi connectivity index (χ0v) is 8.06. The van der Waals surface area contributed by atoms with E-state index < -0.39 is 6.04 Å². The minimum Gasteiger partial charge on any atom is -0.312 e. The highest BCUT2D eigenvalue weighted by Gasteiger charge is 2.13. The van der Waals surface area contributed by atoms with E-state index in [9.17, 15) is 0 Å². The highest BCUT2D eigenvalue weighted by Crippen LogP contribution is 2.28. The number of rotatable bonds is 2. The highest BCUT2D eigenvalue weighted by molar-refractivity contribution is 7.10. The third kappa shape index (κ3) is 1.66. The fourth-order valence-electron chi connectivity index (χ4n) is 1.13. The lowest BCUT2D eigenvalue weighted by Gasteiger charge is -2.07. The van der Waals surface area contributed by atoms with E-state index in [1.54, 1.807) is 11.3 Å². The van der Waals surface area contributed by atoms with Crippen molar-refractivity contribution in [3.63, 3.8) is 0 Å². The van der Waals surface area contributed by atoms with Crippen molar-refractivity contribution in [1.82, 2.24) is 0 Å². The topological polar surface area (TPSA) is 49.8 Å². The molecular weight excluding hydrogens is 168 g/mol. The lowest BCUT2D eigenvalue weighted by molar-refractivity contribution is 0.837. The highest BCUT2D eigenvalue weighted by atomic mass is 32.1. The number of hydrogen-bond donors (Lipinski definition) is 1. The number of nitrogens with two attached hydrogens (primary N) is 1. The summed E-state index contributed by atoms with van der Waals surface area (Å²) in [6.07, 6.45) is 0. The Kier molecular flexibility index (Phi) is 2.85. The lowest BCUT2D eigenvalue weighted by atomic mass is 10.0. The molecule has 0 aliphatic carbocycles. The van der Waals surface area contributed by atoms with Gasteiger partial charge < -0.3 is 5.73 Å². The van der Waals surface area contributed by atoms with Gasteiger partial charge in [0.2, 0.25) is 0 Å². The van der Waals surface area contributed by atoms with Gasteiger partial charge >= 0.3 is 0 Å². The van der Waals surface area contributed by atoms with E-state index in [1.165, 1.54) is 4.88 Å². The van der Waals surface area contributed by atoms with Crippen molar-refractivity contribution in [1.29, 1.82) is 5.26 Å². The van der Waals surface area contributed by atoms with Gasteiger partial charge in [0, 0.05) is 4.88 Å². The van der Waals surface area contributed by atoms with Crippen LogP contribution in [0.2, 0.25) is 0 Å². The summed E-state index contributed by atoms with van der Waals surface area (Å²) < 4.78 is 0. The third-order valence-corrected chi connectivity index (χ3v) is 2.96. The SMILES string of the molecule is CC(C)c1sccc1C(N)C#N. The van der Waals surface area contributed by atoms with Gasteiger partial charge in [0.25, 0.3) is 0 Å². The third-order valence-electron chi connectivity index (χ3n) is 1.73. The van der Waals surface area contributed by atoms with Gasteiger partial charge in [-0.15, -0.1) is 11.3 Å². The minimum absolute atomic E-state index is 0.458. The van der Waals surface area contributed by atoms with Crippen molar-refractivity contribution in [3.05, 3.63) is 21.9 Å². The summed E-state index contributed by atoms with van der Waals surface area (Å²) >= 11 is 1.67. The van der Waals surface area contributed by atoms with Crippen LogP contribution in [0.1, 0.15) is 36.2 Å². The Labute approximate surface area is 76.6 Å². The molecule has 3 heteroatoms. The zero-order valence-electron chi connectivity index (χ0n) is 7.24. The molecule has 0 radical (unpaired) electrons. The molecule has 1 aromatic rings. The molecule has 12 heavy (non-hydrogen) atoms. The molecule has 0 bridgehead atoms. The number of hydrogen-bond acceptors (Lipinski definition) is 3. The van der Waals surface area contributed by atoms with Crippen molar-refractivity contribution in [2.24, 2.45) is 5.73 Å². The monoisotopic (exact) mass is 180 g/mol. The van der Waals surface area contributed by atoms with E-state index in [0.717, 1.165) is 5.56 Å². The Morgan fingerprint density at radius 2 is 2.25 bits per heavy atom. The first-order chi connectivity index (χ1) is 5.66. The summed E-state index contributed by atoms with van der Waals surface area (Å²) in [4.78, 5) is 1.23. The maximum absolute atomic E-state index is 8.64. The van der Waals surface area contributed by atoms with E-state index in [2.05, 4.69) is 13.8 Å².